The van der Waals surface area contributed by atoms with Crippen LogP contribution in [0.3, 0.4) is 0 Å². The smallest absolute Gasteiger partial charge is 0.224 e. The van der Waals surface area contributed by atoms with Crippen LogP contribution in [0, 0.1) is 5.92 Å². The van der Waals surface area contributed by atoms with E-state index in [-0.39, 0.29) is 6.10 Å². The molecule has 5 rings (SSSR count). The van der Waals surface area contributed by atoms with Crippen LogP contribution in [-0.4, -0.2) is 69.9 Å². The van der Waals surface area contributed by atoms with Crippen LogP contribution in [0.5, 0.6) is 0 Å². The molecule has 3 N–H and O–H groups in total. The SMILES string of the molecule is CCCNc1ncc2c(C3CCC(CN4CCNCC4)CC3)cn(C3CCC(O)CC3)c2n1. The van der Waals surface area contributed by atoms with Gasteiger partial charge in [0.15, 0.2) is 0 Å². The van der Waals surface area contributed by atoms with Crippen LogP contribution >= 0.6 is 0 Å². The largest absolute Gasteiger partial charge is 0.393 e. The summed E-state index contributed by atoms with van der Waals surface area (Å²) in [5.74, 6) is 2.19. The number of hydrogen-bond donors (Lipinski definition) is 3. The number of aliphatic hydroxyl groups excluding tert-OH is 1. The summed E-state index contributed by atoms with van der Waals surface area (Å²) in [5, 5.41) is 18.1. The highest BCUT2D eigenvalue weighted by Crippen LogP contribution is 2.41. The fraction of sp³-hybridized carbons (Fsp3) is 0.769. The summed E-state index contributed by atoms with van der Waals surface area (Å²) < 4.78 is 2.43. The summed E-state index contributed by atoms with van der Waals surface area (Å²) in [7, 11) is 0. The standard InChI is InChI=1S/C26H42N6O/c1-2-11-28-26-29-16-23-24(18-32(25(23)30-26)21-7-9-22(33)10-8-21)20-5-3-19(4-6-20)17-31-14-12-27-13-15-31/h16,18-22,27,33H,2-15,17H2,1H3,(H,28,29,30). The number of nitrogens with zero attached hydrogens (tertiary/aromatic N) is 4. The molecule has 2 aromatic rings. The first-order valence-corrected chi connectivity index (χ1v) is 13.4. The van der Waals surface area contributed by atoms with Crippen molar-refractivity contribution in [2.45, 2.75) is 82.8 Å². The Balaban J connectivity index is 1.34. The fourth-order valence-electron chi connectivity index (χ4n) is 6.23. The molecule has 33 heavy (non-hydrogen) atoms. The first kappa shape index (κ1) is 23.1. The van der Waals surface area contributed by atoms with Crippen LogP contribution < -0.4 is 10.6 Å². The highest BCUT2D eigenvalue weighted by Gasteiger charge is 2.29. The van der Waals surface area contributed by atoms with E-state index < -0.39 is 0 Å². The van der Waals surface area contributed by atoms with Gasteiger partial charge >= 0.3 is 0 Å². The van der Waals surface area contributed by atoms with E-state index in [9.17, 15) is 5.11 Å². The van der Waals surface area contributed by atoms with Crippen molar-refractivity contribution < 1.29 is 5.11 Å². The van der Waals surface area contributed by atoms with Gasteiger partial charge in [-0.25, -0.2) is 4.98 Å². The summed E-state index contributed by atoms with van der Waals surface area (Å²) >= 11 is 0. The van der Waals surface area contributed by atoms with Crippen molar-refractivity contribution in [3.8, 4) is 0 Å². The van der Waals surface area contributed by atoms with E-state index in [0.29, 0.717) is 12.0 Å². The molecule has 0 unspecified atom stereocenters. The molecule has 0 radical (unpaired) electrons. The van der Waals surface area contributed by atoms with E-state index in [1.54, 1.807) is 0 Å². The lowest BCUT2D eigenvalue weighted by atomic mass is 9.78. The average molecular weight is 455 g/mol. The summed E-state index contributed by atoms with van der Waals surface area (Å²) in [5.41, 5.74) is 2.54. The van der Waals surface area contributed by atoms with Crippen LogP contribution in [0.4, 0.5) is 5.95 Å². The van der Waals surface area contributed by atoms with Gasteiger partial charge in [-0.15, -0.1) is 0 Å². The molecule has 0 aromatic carbocycles. The molecular formula is C26H42N6O. The minimum atomic E-state index is -0.134. The van der Waals surface area contributed by atoms with Crippen molar-refractivity contribution in [2.24, 2.45) is 5.92 Å². The minimum Gasteiger partial charge on any atom is -0.393 e. The van der Waals surface area contributed by atoms with Crippen LogP contribution in [0.25, 0.3) is 11.0 Å². The first-order chi connectivity index (χ1) is 16.2. The number of nitrogens with one attached hydrogen (secondary N) is 2. The third kappa shape index (κ3) is 5.36. The lowest BCUT2D eigenvalue weighted by Gasteiger charge is -2.34. The Hall–Kier alpha value is -1.70. The van der Waals surface area contributed by atoms with Gasteiger partial charge in [0.1, 0.15) is 5.65 Å². The topological polar surface area (TPSA) is 78.2 Å². The Kier molecular flexibility index (Phi) is 7.48. The molecule has 0 bridgehead atoms. The van der Waals surface area contributed by atoms with Crippen LogP contribution in [0.2, 0.25) is 0 Å². The molecule has 182 valence electrons. The molecule has 3 heterocycles. The minimum absolute atomic E-state index is 0.134. The molecule has 0 atom stereocenters. The summed E-state index contributed by atoms with van der Waals surface area (Å²) in [6.07, 6.45) is 14.4. The maximum absolute atomic E-state index is 10.0. The Morgan fingerprint density at radius 2 is 1.82 bits per heavy atom. The van der Waals surface area contributed by atoms with Crippen molar-refractivity contribution in [2.75, 3.05) is 44.6 Å². The third-order valence-electron chi connectivity index (χ3n) is 8.21. The molecular weight excluding hydrogens is 412 g/mol. The molecule has 2 aromatic heterocycles. The van der Waals surface area contributed by atoms with Gasteiger partial charge in [-0.3, -0.25) is 0 Å². The molecule has 3 aliphatic rings. The van der Waals surface area contributed by atoms with Crippen molar-refractivity contribution in [1.82, 2.24) is 24.8 Å². The summed E-state index contributed by atoms with van der Waals surface area (Å²) in [4.78, 5) is 12.3. The number of aromatic nitrogens is 3. The van der Waals surface area contributed by atoms with Crippen LogP contribution in [0.15, 0.2) is 12.4 Å². The second-order valence-electron chi connectivity index (χ2n) is 10.6. The van der Waals surface area contributed by atoms with Gasteiger partial charge in [-0.2, -0.15) is 4.98 Å². The van der Waals surface area contributed by atoms with Gasteiger partial charge in [0.05, 0.1) is 6.10 Å². The number of rotatable bonds is 7. The maximum atomic E-state index is 10.0. The molecule has 2 saturated carbocycles. The number of fused-ring (bicyclic) bond motifs is 1. The van der Waals surface area contributed by atoms with E-state index in [2.05, 4.69) is 44.4 Å². The van der Waals surface area contributed by atoms with Gasteiger partial charge in [0, 0.05) is 63.1 Å². The van der Waals surface area contributed by atoms with Crippen molar-refractivity contribution in [3.05, 3.63) is 18.0 Å². The van der Waals surface area contributed by atoms with E-state index in [0.717, 1.165) is 69.3 Å². The monoisotopic (exact) mass is 454 g/mol. The quantitative estimate of drug-likeness (QED) is 0.589. The predicted octanol–water partition coefficient (Wildman–Crippen LogP) is 3.91. The van der Waals surface area contributed by atoms with Crippen LogP contribution in [0.1, 0.15) is 82.2 Å². The Morgan fingerprint density at radius 1 is 1.06 bits per heavy atom. The second kappa shape index (κ2) is 10.7. The molecule has 0 amide bonds. The highest BCUT2D eigenvalue weighted by atomic mass is 16.3. The Morgan fingerprint density at radius 3 is 2.55 bits per heavy atom. The third-order valence-corrected chi connectivity index (χ3v) is 8.21. The lowest BCUT2D eigenvalue weighted by molar-refractivity contribution is 0.111. The van der Waals surface area contributed by atoms with Gasteiger partial charge in [0.2, 0.25) is 5.95 Å². The molecule has 1 saturated heterocycles. The fourth-order valence-corrected chi connectivity index (χ4v) is 6.23. The molecule has 7 nitrogen and oxygen atoms in total. The van der Waals surface area contributed by atoms with Gasteiger partial charge in [-0.05, 0) is 75.2 Å². The Bertz CT molecular complexity index is 892. The van der Waals surface area contributed by atoms with Gasteiger partial charge < -0.3 is 25.2 Å². The normalized spacial score (nSPS) is 29.4. The average Bonchev–Trinajstić information content (AvgIpc) is 3.23. The van der Waals surface area contributed by atoms with Gasteiger partial charge in [0.25, 0.3) is 0 Å². The summed E-state index contributed by atoms with van der Waals surface area (Å²) in [6, 6.07) is 0.433. The number of piperazine rings is 1. The molecule has 7 heteroatoms. The van der Waals surface area contributed by atoms with Crippen LogP contribution in [-0.2, 0) is 0 Å². The molecule has 0 spiro atoms. The number of anilines is 1. The second-order valence-corrected chi connectivity index (χ2v) is 10.6. The lowest BCUT2D eigenvalue weighted by Crippen LogP contribution is -2.45. The van der Waals surface area contributed by atoms with Crippen molar-refractivity contribution >= 4 is 17.0 Å². The number of hydrogen-bond acceptors (Lipinski definition) is 6. The zero-order valence-corrected chi connectivity index (χ0v) is 20.3. The maximum Gasteiger partial charge on any atom is 0.224 e. The van der Waals surface area contributed by atoms with E-state index in [4.69, 9.17) is 4.98 Å². The Labute approximate surface area is 198 Å². The van der Waals surface area contributed by atoms with Crippen molar-refractivity contribution in [1.29, 1.82) is 0 Å². The molecule has 2 aliphatic carbocycles. The zero-order valence-electron chi connectivity index (χ0n) is 20.3. The van der Waals surface area contributed by atoms with E-state index >= 15 is 0 Å². The molecule has 1 aliphatic heterocycles. The van der Waals surface area contributed by atoms with E-state index in [1.165, 1.54) is 56.3 Å². The van der Waals surface area contributed by atoms with E-state index in [1.807, 2.05) is 0 Å². The summed E-state index contributed by atoms with van der Waals surface area (Å²) in [6.45, 7) is 9.02. The first-order valence-electron chi connectivity index (χ1n) is 13.4. The van der Waals surface area contributed by atoms with Gasteiger partial charge in [-0.1, -0.05) is 6.92 Å². The predicted molar refractivity (Wildman–Crippen MR) is 134 cm³/mol. The van der Waals surface area contributed by atoms with Crippen molar-refractivity contribution in [3.63, 3.8) is 0 Å². The zero-order chi connectivity index (χ0) is 22.6. The number of aliphatic hydroxyl groups is 1. The molecule has 3 fully saturated rings. The highest BCUT2D eigenvalue weighted by molar-refractivity contribution is 5.81.